The summed E-state index contributed by atoms with van der Waals surface area (Å²) in [6.45, 7) is 18.0. The molecular weight excluding hydrogens is 832 g/mol. The zero-order valence-electron chi connectivity index (χ0n) is 31.2. The average molecular weight is 875 g/mol. The van der Waals surface area contributed by atoms with Crippen molar-refractivity contribution < 1.29 is 25.8 Å². The molecule has 0 unspecified atom stereocenters. The smallest absolute Gasteiger partial charge is 0.135 e. The molecule has 1 aliphatic heterocycles. The minimum absolute atomic E-state index is 0. The molecule has 5 nitrogen and oxygen atoms in total. The molecule has 0 N–H and O–H groups in total. The molecule has 270 valence electrons. The monoisotopic (exact) mass is 874 g/mol. The van der Waals surface area contributed by atoms with E-state index in [9.17, 15) is 0 Å². The van der Waals surface area contributed by atoms with E-state index in [1.165, 1.54) is 22.5 Å². The molecule has 0 amide bonds. The zero-order chi connectivity index (χ0) is 36.2. The van der Waals surface area contributed by atoms with Gasteiger partial charge in [-0.05, 0) is 53.3 Å². The number of nitrogens with zero attached hydrogens (tertiary/aromatic N) is 4. The molecule has 2 aromatic heterocycles. The standard InChI is InChI=1S/C47H43N4O.Pt/c1-32-20-27-43(48-30-32)51-41-19-12-11-18-39(41)40-26-25-38(29-42(40)51)52-37-17-13-16-36(28-37)50-31-49(44(46(2,3)4)45(50)47(5,6)7)35-23-21-34(22-24-35)33-14-9-8-10-15-33;/h8-27,30-31H,1-7H3;/q-3;. The molecule has 1 aliphatic rings. The van der Waals surface area contributed by atoms with E-state index in [0.29, 0.717) is 11.5 Å². The topological polar surface area (TPSA) is 33.5 Å². The van der Waals surface area contributed by atoms with Gasteiger partial charge in [-0.25, -0.2) is 4.98 Å². The third-order valence-electron chi connectivity index (χ3n) is 9.52. The number of rotatable bonds is 6. The average Bonchev–Trinajstić information content (AvgIpc) is 3.71. The number of hydrogen-bond donors (Lipinski definition) is 0. The molecule has 0 bridgehead atoms. The summed E-state index contributed by atoms with van der Waals surface area (Å²) in [6.07, 6.45) is 1.90. The first-order chi connectivity index (χ1) is 25.0. The summed E-state index contributed by atoms with van der Waals surface area (Å²) in [5.74, 6) is 2.08. The van der Waals surface area contributed by atoms with Crippen LogP contribution in [0.25, 0.3) is 38.8 Å². The van der Waals surface area contributed by atoms with E-state index in [4.69, 9.17) is 9.72 Å². The number of ether oxygens (including phenoxy) is 1. The van der Waals surface area contributed by atoms with Crippen LogP contribution < -0.4 is 14.5 Å². The molecule has 53 heavy (non-hydrogen) atoms. The largest absolute Gasteiger partial charge is 0.509 e. The number of pyridine rings is 1. The van der Waals surface area contributed by atoms with Gasteiger partial charge in [-0.2, -0.15) is 12.1 Å². The van der Waals surface area contributed by atoms with Crippen molar-refractivity contribution in [2.24, 2.45) is 10.8 Å². The van der Waals surface area contributed by atoms with E-state index < -0.39 is 0 Å². The van der Waals surface area contributed by atoms with Gasteiger partial charge in [-0.3, -0.25) is 0 Å². The predicted octanol–water partition coefficient (Wildman–Crippen LogP) is 12.3. The van der Waals surface area contributed by atoms with E-state index >= 15 is 0 Å². The molecule has 0 saturated heterocycles. The summed E-state index contributed by atoms with van der Waals surface area (Å²) in [7, 11) is 0. The fraction of sp³-hybridized carbons (Fsp3) is 0.191. The predicted molar refractivity (Wildman–Crippen MR) is 215 cm³/mol. The molecule has 0 radical (unpaired) electrons. The van der Waals surface area contributed by atoms with Gasteiger partial charge in [0.1, 0.15) is 5.82 Å². The van der Waals surface area contributed by atoms with Crippen LogP contribution in [-0.4, -0.2) is 9.55 Å². The van der Waals surface area contributed by atoms with Gasteiger partial charge in [0.2, 0.25) is 0 Å². The van der Waals surface area contributed by atoms with E-state index in [2.05, 4.69) is 185 Å². The van der Waals surface area contributed by atoms with E-state index in [1.807, 2.05) is 24.4 Å². The van der Waals surface area contributed by atoms with Crippen molar-refractivity contribution in [3.8, 4) is 28.4 Å². The van der Waals surface area contributed by atoms with Crippen molar-refractivity contribution >= 4 is 33.2 Å². The van der Waals surface area contributed by atoms with Crippen molar-refractivity contribution in [1.29, 1.82) is 0 Å². The van der Waals surface area contributed by atoms with Crippen LogP contribution in [-0.2, 0) is 21.1 Å². The first kappa shape index (κ1) is 36.2. The van der Waals surface area contributed by atoms with Gasteiger partial charge in [-0.15, -0.1) is 48.1 Å². The van der Waals surface area contributed by atoms with E-state index in [1.54, 1.807) is 0 Å². The van der Waals surface area contributed by atoms with Crippen molar-refractivity contribution in [2.45, 2.75) is 48.5 Å². The summed E-state index contributed by atoms with van der Waals surface area (Å²) >= 11 is 0. The van der Waals surface area contributed by atoms with Crippen LogP contribution in [0.15, 0.2) is 139 Å². The SMILES string of the molecule is Cc1ccc(-n2c3[c-]c(Oc4[c-]c(N5[CH-]N(c6ccc(-c7ccccc7)cc6)C(C(C)(C)C)=C5C(C)(C)C)ccc4)ccc3c3ccccc32)nc1.[Pt]. The van der Waals surface area contributed by atoms with Crippen molar-refractivity contribution in [3.63, 3.8) is 0 Å². The molecule has 6 heteroatoms. The number of hydrogen-bond acceptors (Lipinski definition) is 4. The Hall–Kier alpha value is -5.12. The number of aromatic nitrogens is 2. The fourth-order valence-corrected chi connectivity index (χ4v) is 7.23. The second-order valence-electron chi connectivity index (χ2n) is 15.6. The second kappa shape index (κ2) is 14.0. The van der Waals surface area contributed by atoms with Gasteiger partial charge in [-0.1, -0.05) is 114 Å². The summed E-state index contributed by atoms with van der Waals surface area (Å²) in [5.41, 5.74) is 9.71. The first-order valence-electron chi connectivity index (χ1n) is 17.9. The van der Waals surface area contributed by atoms with E-state index in [-0.39, 0.29) is 31.9 Å². The van der Waals surface area contributed by atoms with Crippen molar-refractivity contribution in [3.05, 3.63) is 163 Å². The summed E-state index contributed by atoms with van der Waals surface area (Å²) < 4.78 is 8.72. The molecule has 8 rings (SSSR count). The molecular formula is C47H43N4OPt-3. The zero-order valence-corrected chi connectivity index (χ0v) is 33.5. The molecule has 0 fully saturated rings. The van der Waals surface area contributed by atoms with Crippen LogP contribution in [0.4, 0.5) is 11.4 Å². The summed E-state index contributed by atoms with van der Waals surface area (Å²) in [6, 6.07) is 49.3. The van der Waals surface area contributed by atoms with Gasteiger partial charge >= 0.3 is 0 Å². The minimum Gasteiger partial charge on any atom is -0.509 e. The van der Waals surface area contributed by atoms with Crippen LogP contribution in [0.3, 0.4) is 0 Å². The van der Waals surface area contributed by atoms with Crippen LogP contribution in [0.1, 0.15) is 47.1 Å². The molecule has 3 heterocycles. The Bertz CT molecular complexity index is 2430. The second-order valence-corrected chi connectivity index (χ2v) is 15.6. The Balaban J connectivity index is 0.00000435. The maximum absolute atomic E-state index is 6.56. The molecule has 5 aromatic carbocycles. The third kappa shape index (κ3) is 6.91. The van der Waals surface area contributed by atoms with E-state index in [0.717, 1.165) is 44.6 Å². The molecule has 0 aliphatic carbocycles. The number of aryl methyl sites for hydroxylation is 1. The van der Waals surface area contributed by atoms with Crippen LogP contribution in [0, 0.1) is 36.6 Å². The Morgan fingerprint density at radius 1 is 0.604 bits per heavy atom. The first-order valence-corrected chi connectivity index (χ1v) is 17.9. The number of allylic oxidation sites excluding steroid dienone is 2. The number of anilines is 2. The van der Waals surface area contributed by atoms with Crippen LogP contribution >= 0.6 is 0 Å². The van der Waals surface area contributed by atoms with Crippen molar-refractivity contribution in [2.75, 3.05) is 9.80 Å². The van der Waals surface area contributed by atoms with Crippen LogP contribution in [0.2, 0.25) is 0 Å². The maximum atomic E-state index is 6.56. The number of para-hydroxylation sites is 1. The quantitative estimate of drug-likeness (QED) is 0.156. The Labute approximate surface area is 327 Å². The van der Waals surface area contributed by atoms with Gasteiger partial charge in [0.05, 0.1) is 0 Å². The Morgan fingerprint density at radius 3 is 1.96 bits per heavy atom. The van der Waals surface area contributed by atoms with Gasteiger partial charge in [0, 0.05) is 72.2 Å². The molecule has 0 atom stereocenters. The summed E-state index contributed by atoms with van der Waals surface area (Å²) in [4.78, 5) is 9.39. The van der Waals surface area contributed by atoms with Gasteiger partial charge < -0.3 is 19.1 Å². The normalized spacial score (nSPS) is 13.6. The molecule has 0 spiro atoms. The Morgan fingerprint density at radius 2 is 1.26 bits per heavy atom. The summed E-state index contributed by atoms with van der Waals surface area (Å²) in [5, 5.41) is 2.25. The fourth-order valence-electron chi connectivity index (χ4n) is 7.23. The van der Waals surface area contributed by atoms with Crippen molar-refractivity contribution in [1.82, 2.24) is 9.55 Å². The van der Waals surface area contributed by atoms with Gasteiger partial charge in [0.15, 0.2) is 0 Å². The van der Waals surface area contributed by atoms with Crippen LogP contribution in [0.5, 0.6) is 11.5 Å². The van der Waals surface area contributed by atoms with Gasteiger partial charge in [0.25, 0.3) is 0 Å². The number of benzene rings is 5. The minimum atomic E-state index is -0.168. The maximum Gasteiger partial charge on any atom is 0.135 e. The Kier molecular flexibility index (Phi) is 9.59. The molecule has 7 aromatic rings. The molecule has 0 saturated carbocycles. The third-order valence-corrected chi connectivity index (χ3v) is 9.52. The number of fused-ring (bicyclic) bond motifs is 3.